The molecule has 2 aromatic carbocycles. The molecule has 0 aliphatic heterocycles. The number of benzene rings is 2. The molecule has 0 aromatic heterocycles. The van der Waals surface area contributed by atoms with Crippen LogP contribution in [0.5, 0.6) is 5.75 Å². The van der Waals surface area contributed by atoms with Crippen molar-refractivity contribution in [3.05, 3.63) is 54.1 Å². The predicted molar refractivity (Wildman–Crippen MR) is 99.8 cm³/mol. The number of sulfonamides is 1. The number of nitrogens with two attached hydrogens (primary N) is 1. The van der Waals surface area contributed by atoms with Crippen LogP contribution >= 0.6 is 0 Å². The van der Waals surface area contributed by atoms with Crippen LogP contribution in [0.2, 0.25) is 0 Å². The Labute approximate surface area is 153 Å². The molecule has 2 aromatic rings. The summed E-state index contributed by atoms with van der Waals surface area (Å²) in [7, 11) is -2.21. The van der Waals surface area contributed by atoms with Gasteiger partial charge in [-0.15, -0.1) is 0 Å². The fourth-order valence-corrected chi connectivity index (χ4v) is 4.71. The lowest BCUT2D eigenvalue weighted by atomic mass is 10.2. The first kappa shape index (κ1) is 18.3. The van der Waals surface area contributed by atoms with Crippen LogP contribution in [0.4, 0.5) is 5.69 Å². The Morgan fingerprint density at radius 2 is 1.69 bits per heavy atom. The molecule has 26 heavy (non-hydrogen) atoms. The smallest absolute Gasteiger partial charge is 0.264 e. The van der Waals surface area contributed by atoms with E-state index in [1.807, 2.05) is 6.92 Å². The number of carbonyl (C=O) groups is 1. The van der Waals surface area contributed by atoms with Gasteiger partial charge in [-0.1, -0.05) is 0 Å². The van der Waals surface area contributed by atoms with Crippen molar-refractivity contribution in [3.63, 3.8) is 0 Å². The van der Waals surface area contributed by atoms with E-state index in [1.165, 1.54) is 28.6 Å². The molecule has 0 unspecified atom stereocenters. The van der Waals surface area contributed by atoms with Gasteiger partial charge in [0.05, 0.1) is 17.7 Å². The maximum atomic E-state index is 13.3. The van der Waals surface area contributed by atoms with E-state index in [9.17, 15) is 13.2 Å². The quantitative estimate of drug-likeness (QED) is 0.807. The van der Waals surface area contributed by atoms with Gasteiger partial charge in [-0.3, -0.25) is 9.10 Å². The third-order valence-electron chi connectivity index (χ3n) is 4.70. The number of nitrogens with zero attached hydrogens (tertiary/aromatic N) is 1. The fourth-order valence-electron chi connectivity index (χ4n) is 3.00. The molecule has 138 valence electrons. The Morgan fingerprint density at radius 3 is 2.15 bits per heavy atom. The summed E-state index contributed by atoms with van der Waals surface area (Å²) in [6, 6.07) is 12.5. The van der Waals surface area contributed by atoms with E-state index in [1.54, 1.807) is 31.4 Å². The van der Waals surface area contributed by atoms with Gasteiger partial charge in [0.2, 0.25) is 5.91 Å². The van der Waals surface area contributed by atoms with Crippen molar-refractivity contribution < 1.29 is 17.9 Å². The van der Waals surface area contributed by atoms with E-state index in [4.69, 9.17) is 10.5 Å². The lowest BCUT2D eigenvalue weighted by Crippen LogP contribution is -2.40. The van der Waals surface area contributed by atoms with Crippen molar-refractivity contribution in [2.24, 2.45) is 11.7 Å². The van der Waals surface area contributed by atoms with E-state index >= 15 is 0 Å². The maximum Gasteiger partial charge on any atom is 0.264 e. The second-order valence-corrected chi connectivity index (χ2v) is 8.28. The van der Waals surface area contributed by atoms with Gasteiger partial charge in [0.15, 0.2) is 0 Å². The SMILES string of the molecule is COc1ccc(N([C@H](C)C2CC2)S(=O)(=O)c2ccc(C(N)=O)cc2)cc1. The van der Waals surface area contributed by atoms with Crippen molar-refractivity contribution in [1.82, 2.24) is 0 Å². The number of amides is 1. The highest BCUT2D eigenvalue weighted by Gasteiger charge is 2.38. The molecule has 1 aliphatic carbocycles. The average Bonchev–Trinajstić information content (AvgIpc) is 3.47. The van der Waals surface area contributed by atoms with Gasteiger partial charge < -0.3 is 10.5 Å². The van der Waals surface area contributed by atoms with Gasteiger partial charge in [-0.2, -0.15) is 0 Å². The lowest BCUT2D eigenvalue weighted by Gasteiger charge is -2.31. The largest absolute Gasteiger partial charge is 0.497 e. The summed E-state index contributed by atoms with van der Waals surface area (Å²) >= 11 is 0. The first-order valence-corrected chi connectivity index (χ1v) is 9.87. The Bertz CT molecular complexity index is 888. The summed E-state index contributed by atoms with van der Waals surface area (Å²) < 4.78 is 33.3. The van der Waals surface area contributed by atoms with Crippen LogP contribution in [0, 0.1) is 5.92 Å². The molecule has 0 bridgehead atoms. The minimum atomic E-state index is -3.78. The van der Waals surface area contributed by atoms with Crippen LogP contribution in [0.15, 0.2) is 53.4 Å². The molecular weight excluding hydrogens is 352 g/mol. The Hall–Kier alpha value is -2.54. The summed E-state index contributed by atoms with van der Waals surface area (Å²) in [5.41, 5.74) is 6.10. The summed E-state index contributed by atoms with van der Waals surface area (Å²) in [5, 5.41) is 0. The Morgan fingerprint density at radius 1 is 1.12 bits per heavy atom. The Kier molecular flexibility index (Phi) is 4.91. The monoisotopic (exact) mass is 374 g/mol. The van der Waals surface area contributed by atoms with Crippen LogP contribution in [0.3, 0.4) is 0 Å². The molecule has 1 atom stereocenters. The maximum absolute atomic E-state index is 13.3. The molecule has 0 spiro atoms. The van der Waals surface area contributed by atoms with Crippen LogP contribution in [0.25, 0.3) is 0 Å². The number of methoxy groups -OCH3 is 1. The van der Waals surface area contributed by atoms with E-state index < -0.39 is 15.9 Å². The van der Waals surface area contributed by atoms with E-state index in [0.29, 0.717) is 17.4 Å². The molecule has 0 heterocycles. The molecule has 3 rings (SSSR count). The highest BCUT2D eigenvalue weighted by molar-refractivity contribution is 7.92. The molecule has 1 amide bonds. The zero-order valence-electron chi connectivity index (χ0n) is 14.8. The summed E-state index contributed by atoms with van der Waals surface area (Å²) in [4.78, 5) is 11.4. The standard InChI is InChI=1S/C19H22N2O4S/c1-13(14-3-4-14)21(16-7-9-17(25-2)10-8-16)26(23,24)18-11-5-15(6-12-18)19(20)22/h5-14H,3-4H2,1-2H3,(H2,20,22)/t13-/m1/s1. The van der Waals surface area contributed by atoms with Crippen molar-refractivity contribution in [2.75, 3.05) is 11.4 Å². The van der Waals surface area contributed by atoms with Crippen molar-refractivity contribution >= 4 is 21.6 Å². The number of ether oxygens (including phenoxy) is 1. The van der Waals surface area contributed by atoms with E-state index in [-0.39, 0.29) is 16.5 Å². The molecule has 7 heteroatoms. The van der Waals surface area contributed by atoms with E-state index in [0.717, 1.165) is 12.8 Å². The third kappa shape index (κ3) is 3.53. The summed E-state index contributed by atoms with van der Waals surface area (Å²) in [5.74, 6) is 0.417. The second-order valence-electron chi connectivity index (χ2n) is 6.47. The summed E-state index contributed by atoms with van der Waals surface area (Å²) in [6.45, 7) is 1.93. The number of hydrogen-bond donors (Lipinski definition) is 1. The van der Waals surface area contributed by atoms with Gasteiger partial charge in [-0.25, -0.2) is 8.42 Å². The first-order valence-electron chi connectivity index (χ1n) is 8.43. The second kappa shape index (κ2) is 6.99. The molecule has 1 saturated carbocycles. The summed E-state index contributed by atoms with van der Waals surface area (Å²) in [6.07, 6.45) is 2.04. The van der Waals surface area contributed by atoms with Crippen molar-refractivity contribution in [3.8, 4) is 5.75 Å². The molecule has 0 saturated heterocycles. The van der Waals surface area contributed by atoms with Gasteiger partial charge >= 0.3 is 0 Å². The lowest BCUT2D eigenvalue weighted by molar-refractivity contribution is 0.1000. The molecule has 2 N–H and O–H groups in total. The number of carbonyl (C=O) groups excluding carboxylic acids is 1. The zero-order valence-corrected chi connectivity index (χ0v) is 15.6. The minimum Gasteiger partial charge on any atom is -0.497 e. The number of hydrogen-bond acceptors (Lipinski definition) is 4. The third-order valence-corrected chi connectivity index (χ3v) is 6.63. The zero-order chi connectivity index (χ0) is 18.9. The fraction of sp³-hybridized carbons (Fsp3) is 0.316. The van der Waals surface area contributed by atoms with Crippen LogP contribution in [0.1, 0.15) is 30.1 Å². The van der Waals surface area contributed by atoms with Gasteiger partial charge in [0.25, 0.3) is 10.0 Å². The molecule has 6 nitrogen and oxygen atoms in total. The van der Waals surface area contributed by atoms with Gasteiger partial charge in [0, 0.05) is 11.6 Å². The van der Waals surface area contributed by atoms with Crippen LogP contribution < -0.4 is 14.8 Å². The Balaban J connectivity index is 2.02. The normalized spacial score (nSPS) is 15.3. The molecule has 1 aliphatic rings. The number of anilines is 1. The molecule has 1 fully saturated rings. The predicted octanol–water partition coefficient (Wildman–Crippen LogP) is 2.79. The molecular formula is C19H22N2O4S. The number of primary amides is 1. The van der Waals surface area contributed by atoms with Crippen molar-refractivity contribution in [2.45, 2.75) is 30.7 Å². The molecule has 0 radical (unpaired) electrons. The van der Waals surface area contributed by atoms with Crippen LogP contribution in [-0.4, -0.2) is 27.5 Å². The minimum absolute atomic E-state index is 0.130. The van der Waals surface area contributed by atoms with Gasteiger partial charge in [0.1, 0.15) is 5.75 Å². The van der Waals surface area contributed by atoms with Crippen LogP contribution in [-0.2, 0) is 10.0 Å². The van der Waals surface area contributed by atoms with Gasteiger partial charge in [-0.05, 0) is 74.2 Å². The van der Waals surface area contributed by atoms with Crippen molar-refractivity contribution in [1.29, 1.82) is 0 Å². The average molecular weight is 374 g/mol. The number of rotatable bonds is 7. The highest BCUT2D eigenvalue weighted by atomic mass is 32.2. The van der Waals surface area contributed by atoms with E-state index in [2.05, 4.69) is 0 Å². The topological polar surface area (TPSA) is 89.7 Å². The first-order chi connectivity index (χ1) is 12.3. The highest BCUT2D eigenvalue weighted by Crippen LogP contribution is 2.39.